The van der Waals surface area contributed by atoms with Crippen molar-refractivity contribution in [2.75, 3.05) is 13.2 Å². The lowest BCUT2D eigenvalue weighted by atomic mass is 9.99. The molecule has 0 radical (unpaired) electrons. The minimum absolute atomic E-state index is 0.103. The van der Waals surface area contributed by atoms with Gasteiger partial charge in [-0.1, -0.05) is 323 Å². The van der Waals surface area contributed by atoms with E-state index in [4.69, 9.17) is 14.2 Å². The fraction of sp³-hybridized carbons (Fsp3) is 0.775. The maximum atomic E-state index is 13.5. The molecular formula is C80H141NO10. The van der Waals surface area contributed by atoms with Gasteiger partial charge in [0.25, 0.3) is 0 Å². The minimum Gasteiger partial charge on any atom is -0.454 e. The second-order valence-electron chi connectivity index (χ2n) is 26.0. The molecule has 11 heteroatoms. The van der Waals surface area contributed by atoms with Gasteiger partial charge in [-0.2, -0.15) is 0 Å². The van der Waals surface area contributed by atoms with Gasteiger partial charge in [-0.15, -0.1) is 0 Å². The van der Waals surface area contributed by atoms with Gasteiger partial charge in [0.15, 0.2) is 12.4 Å². The molecule has 8 atom stereocenters. The molecule has 11 nitrogen and oxygen atoms in total. The van der Waals surface area contributed by atoms with E-state index in [1.165, 1.54) is 173 Å². The number of rotatable bonds is 65. The van der Waals surface area contributed by atoms with Crippen LogP contribution in [-0.4, -0.2) is 99.6 Å². The summed E-state index contributed by atoms with van der Waals surface area (Å²) in [6, 6.07) is -1.03. The Labute approximate surface area is 558 Å². The maximum absolute atomic E-state index is 13.5. The molecule has 526 valence electrons. The molecule has 1 heterocycles. The Morgan fingerprint density at radius 3 is 1.20 bits per heavy atom. The van der Waals surface area contributed by atoms with Crippen LogP contribution in [0.1, 0.15) is 335 Å². The third-order valence-electron chi connectivity index (χ3n) is 17.5. The van der Waals surface area contributed by atoms with Gasteiger partial charge in [-0.3, -0.25) is 9.59 Å². The average molecular weight is 1280 g/mol. The van der Waals surface area contributed by atoms with Crippen molar-refractivity contribution in [2.45, 2.75) is 384 Å². The number of allylic oxidation sites excluding steroid dienone is 15. The number of hydrogen-bond acceptors (Lipinski definition) is 10. The Hall–Kier alpha value is -3.42. The zero-order chi connectivity index (χ0) is 66.0. The van der Waals surface area contributed by atoms with Crippen molar-refractivity contribution in [2.24, 2.45) is 0 Å². The Morgan fingerprint density at radius 1 is 0.440 bits per heavy atom. The number of hydrogen-bond donors (Lipinski definition) is 6. The highest BCUT2D eigenvalue weighted by molar-refractivity contribution is 5.80. The van der Waals surface area contributed by atoms with Crippen LogP contribution in [0.2, 0.25) is 0 Å². The Morgan fingerprint density at radius 2 is 0.791 bits per heavy atom. The molecule has 1 rings (SSSR count). The van der Waals surface area contributed by atoms with Gasteiger partial charge >= 0.3 is 5.97 Å². The molecule has 0 spiro atoms. The van der Waals surface area contributed by atoms with E-state index in [1.807, 2.05) is 6.08 Å². The summed E-state index contributed by atoms with van der Waals surface area (Å²) in [7, 11) is 0. The van der Waals surface area contributed by atoms with Gasteiger partial charge in [0.2, 0.25) is 5.91 Å². The summed E-state index contributed by atoms with van der Waals surface area (Å²) in [5.41, 5.74) is 0. The fourth-order valence-corrected chi connectivity index (χ4v) is 11.5. The first kappa shape index (κ1) is 85.6. The van der Waals surface area contributed by atoms with Crippen molar-refractivity contribution in [3.63, 3.8) is 0 Å². The van der Waals surface area contributed by atoms with Gasteiger partial charge in [0.05, 0.1) is 25.4 Å². The van der Waals surface area contributed by atoms with Crippen molar-refractivity contribution in [1.29, 1.82) is 0 Å². The number of carbonyl (C=O) groups excluding carboxylic acids is 2. The third kappa shape index (κ3) is 53.5. The lowest BCUT2D eigenvalue weighted by Crippen LogP contribution is -2.61. The first-order valence-corrected chi connectivity index (χ1v) is 38.0. The van der Waals surface area contributed by atoms with Crippen molar-refractivity contribution >= 4 is 11.9 Å². The van der Waals surface area contributed by atoms with Crippen molar-refractivity contribution in [3.05, 3.63) is 97.2 Å². The number of nitrogens with one attached hydrogen (secondary N) is 1. The van der Waals surface area contributed by atoms with Gasteiger partial charge in [0, 0.05) is 6.42 Å². The van der Waals surface area contributed by atoms with Crippen LogP contribution in [0, 0.1) is 0 Å². The van der Waals surface area contributed by atoms with Crippen molar-refractivity contribution < 1.29 is 49.3 Å². The van der Waals surface area contributed by atoms with E-state index in [9.17, 15) is 35.1 Å². The molecule has 8 unspecified atom stereocenters. The molecular weight excluding hydrogens is 1130 g/mol. The lowest BCUT2D eigenvalue weighted by Gasteiger charge is -2.41. The summed E-state index contributed by atoms with van der Waals surface area (Å²) in [4.78, 5) is 26.8. The first-order chi connectivity index (χ1) is 44.7. The zero-order valence-corrected chi connectivity index (χ0v) is 58.7. The van der Waals surface area contributed by atoms with E-state index in [0.29, 0.717) is 12.8 Å². The number of aliphatic hydroxyl groups is 5. The number of aliphatic hydroxyl groups excluding tert-OH is 5. The third-order valence-corrected chi connectivity index (χ3v) is 17.5. The summed E-state index contributed by atoms with van der Waals surface area (Å²) in [5.74, 6) is -1.20. The molecule has 1 aliphatic heterocycles. The quantitative estimate of drug-likeness (QED) is 0.0195. The van der Waals surface area contributed by atoms with Crippen LogP contribution in [0.15, 0.2) is 97.2 Å². The molecule has 91 heavy (non-hydrogen) atoms. The molecule has 1 saturated heterocycles. The van der Waals surface area contributed by atoms with E-state index in [0.717, 1.165) is 116 Å². The number of unbranched alkanes of at least 4 members (excludes halogenated alkanes) is 37. The summed E-state index contributed by atoms with van der Waals surface area (Å²) in [5, 5.41) is 57.4. The molecule has 0 aromatic carbocycles. The smallest absolute Gasteiger partial charge is 0.306 e. The van der Waals surface area contributed by atoms with Crippen LogP contribution < -0.4 is 5.32 Å². The summed E-state index contributed by atoms with van der Waals surface area (Å²) < 4.78 is 17.7. The molecule has 6 N–H and O–H groups in total. The predicted molar refractivity (Wildman–Crippen MR) is 384 cm³/mol. The molecule has 0 aromatic rings. The van der Waals surface area contributed by atoms with Crippen LogP contribution in [-0.2, 0) is 23.8 Å². The van der Waals surface area contributed by atoms with E-state index < -0.39 is 67.4 Å². The topological polar surface area (TPSA) is 175 Å². The van der Waals surface area contributed by atoms with Crippen molar-refractivity contribution in [1.82, 2.24) is 5.32 Å². The Kier molecular flexibility index (Phi) is 62.6. The second kappa shape index (κ2) is 66.6. The van der Waals surface area contributed by atoms with Crippen LogP contribution in [0.3, 0.4) is 0 Å². The van der Waals surface area contributed by atoms with E-state index in [-0.39, 0.29) is 19.4 Å². The highest BCUT2D eigenvalue weighted by Crippen LogP contribution is 2.26. The highest BCUT2D eigenvalue weighted by atomic mass is 16.7. The van der Waals surface area contributed by atoms with Crippen LogP contribution >= 0.6 is 0 Å². The second-order valence-corrected chi connectivity index (χ2v) is 26.0. The SMILES string of the molecule is CC/C=C\C/C=C\C/C=C\C/C=C\C/C=C\C/C=C\CCCCCCCCC(=O)OC1C(OCC(NC(=O)C(O)CCCCCCCCCCCCCCCC/C=C/CCCCCCCC)C(O)/C=C/CCCCCCCCCCCCC)OC(CO)C(O)C1O. The normalized spacial score (nSPS) is 18.5. The van der Waals surface area contributed by atoms with E-state index in [1.54, 1.807) is 6.08 Å². The summed E-state index contributed by atoms with van der Waals surface area (Å²) in [6.07, 6.45) is 80.2. The highest BCUT2D eigenvalue weighted by Gasteiger charge is 2.47. The summed E-state index contributed by atoms with van der Waals surface area (Å²) >= 11 is 0. The van der Waals surface area contributed by atoms with Crippen molar-refractivity contribution in [3.8, 4) is 0 Å². The Bertz CT molecular complexity index is 1860. The number of ether oxygens (including phenoxy) is 3. The van der Waals surface area contributed by atoms with E-state index >= 15 is 0 Å². The maximum Gasteiger partial charge on any atom is 0.306 e. The van der Waals surface area contributed by atoms with Gasteiger partial charge < -0.3 is 45.1 Å². The number of carbonyl (C=O) groups is 2. The Balaban J connectivity index is 2.57. The standard InChI is InChI=1S/C80H141NO10/c1-4-7-10-13-16-19-22-25-27-29-31-33-35-37-39-41-43-45-47-50-53-56-59-62-65-68-75(85)91-78-77(87)76(86)74(69-82)90-80(78)89-70-71(72(83)66-63-60-57-54-51-48-24-21-18-15-12-9-6-3)81-79(88)73(84)67-64-61-58-55-52-49-46-44-42-40-38-36-34-32-30-28-26-23-20-17-14-11-8-5-2/h7,10,16,19,25-28,31,33,37,39,43,45,63,66,71-74,76-78,80,82-84,86-87H,4-6,8-9,11-15,17-18,20-24,29-30,32,34-36,38,40-42,44,46-62,64-65,67-70H2,1-3H3,(H,81,88)/b10-7-,19-16-,27-25-,28-26+,33-31-,39-37-,45-43-,66-63+. The number of amides is 1. The average Bonchev–Trinajstić information content (AvgIpc) is 1.09. The summed E-state index contributed by atoms with van der Waals surface area (Å²) in [6.45, 7) is 5.71. The van der Waals surface area contributed by atoms with Crippen LogP contribution in [0.25, 0.3) is 0 Å². The predicted octanol–water partition coefficient (Wildman–Crippen LogP) is 20.2. The largest absolute Gasteiger partial charge is 0.454 e. The molecule has 0 saturated carbocycles. The lowest BCUT2D eigenvalue weighted by molar-refractivity contribution is -0.305. The minimum atomic E-state index is -1.63. The van der Waals surface area contributed by atoms with Crippen LogP contribution in [0.4, 0.5) is 0 Å². The van der Waals surface area contributed by atoms with Gasteiger partial charge in [-0.25, -0.2) is 0 Å². The fourth-order valence-electron chi connectivity index (χ4n) is 11.5. The molecule has 1 amide bonds. The van der Waals surface area contributed by atoms with E-state index in [2.05, 4.69) is 111 Å². The molecule has 0 bridgehead atoms. The van der Waals surface area contributed by atoms with Crippen LogP contribution in [0.5, 0.6) is 0 Å². The van der Waals surface area contributed by atoms with Gasteiger partial charge in [0.1, 0.15) is 24.4 Å². The molecule has 0 aromatic heterocycles. The monoisotopic (exact) mass is 1280 g/mol. The molecule has 1 aliphatic rings. The van der Waals surface area contributed by atoms with Gasteiger partial charge in [-0.05, 0) is 103 Å². The molecule has 1 fully saturated rings. The first-order valence-electron chi connectivity index (χ1n) is 38.0. The number of esters is 1. The molecule has 0 aliphatic carbocycles. The zero-order valence-electron chi connectivity index (χ0n) is 58.7.